The molecular weight excluding hydrogens is 298 g/mol. The predicted molar refractivity (Wildman–Crippen MR) is 86.7 cm³/mol. The van der Waals surface area contributed by atoms with Crippen molar-refractivity contribution in [1.82, 2.24) is 4.98 Å². The molecule has 0 saturated heterocycles. The molecule has 3 aromatic rings. The van der Waals surface area contributed by atoms with Crippen LogP contribution in [0.1, 0.15) is 11.1 Å². The molecule has 3 rings (SSSR count). The maximum absolute atomic E-state index is 7.88. The summed E-state index contributed by atoms with van der Waals surface area (Å²) in [5.41, 5.74) is 3.11. The monoisotopic (exact) mass is 311 g/mol. The number of thioether (sulfide) groups is 1. The van der Waals surface area contributed by atoms with E-state index < -0.39 is 0 Å². The summed E-state index contributed by atoms with van der Waals surface area (Å²) >= 11 is 0.938. The summed E-state index contributed by atoms with van der Waals surface area (Å²) in [5.74, 6) is -0.0754. The lowest BCUT2D eigenvalue weighted by molar-refractivity contribution is 0.488. The van der Waals surface area contributed by atoms with Gasteiger partial charge < -0.3 is 9.15 Å². The Bertz CT molecular complexity index is 807. The molecule has 0 aliphatic carbocycles. The molecule has 0 aliphatic heterocycles. The fraction of sp³-hybridized carbons (Fsp3) is 0.0625. The molecular formula is C16H13N3O2S. The third-order valence-corrected chi connectivity index (χ3v) is 3.58. The van der Waals surface area contributed by atoms with Crippen molar-refractivity contribution in [3.63, 3.8) is 0 Å². The third kappa shape index (κ3) is 3.17. The van der Waals surface area contributed by atoms with E-state index in [4.69, 9.17) is 20.0 Å². The van der Waals surface area contributed by atoms with Crippen LogP contribution in [0.25, 0.3) is 11.1 Å². The molecule has 0 radical (unpaired) electrons. The van der Waals surface area contributed by atoms with E-state index in [9.17, 15) is 0 Å². The van der Waals surface area contributed by atoms with E-state index in [-0.39, 0.29) is 11.1 Å². The molecule has 0 spiro atoms. The number of hydrogen-bond donors (Lipinski definition) is 2. The molecule has 0 unspecified atom stereocenters. The van der Waals surface area contributed by atoms with Crippen molar-refractivity contribution >= 4 is 34.0 Å². The first-order valence-electron chi connectivity index (χ1n) is 6.57. The second-order valence-corrected chi connectivity index (χ2v) is 5.56. The van der Waals surface area contributed by atoms with Gasteiger partial charge >= 0.3 is 0 Å². The van der Waals surface area contributed by atoms with Crippen molar-refractivity contribution < 1.29 is 9.15 Å². The minimum absolute atomic E-state index is 0.0754. The van der Waals surface area contributed by atoms with Crippen molar-refractivity contribution in [2.24, 2.45) is 0 Å². The summed E-state index contributed by atoms with van der Waals surface area (Å²) in [6.07, 6.45) is 0. The number of nitrogens with one attached hydrogen (secondary N) is 2. The van der Waals surface area contributed by atoms with Crippen LogP contribution in [0.15, 0.2) is 58.2 Å². The molecule has 0 saturated carbocycles. The topological polar surface area (TPSA) is 83.0 Å². The molecule has 0 atom stereocenters. The highest BCUT2D eigenvalue weighted by Crippen LogP contribution is 2.24. The van der Waals surface area contributed by atoms with Gasteiger partial charge in [-0.25, -0.2) is 4.98 Å². The molecule has 1 aromatic heterocycles. The first kappa shape index (κ1) is 14.3. The molecule has 0 amide bonds. The predicted octanol–water partition coefficient (Wildman–Crippen LogP) is 4.21. The van der Waals surface area contributed by atoms with Gasteiger partial charge in [-0.05, 0) is 31.2 Å². The lowest BCUT2D eigenvalue weighted by Crippen LogP contribution is -2.09. The van der Waals surface area contributed by atoms with Crippen molar-refractivity contribution in [1.29, 1.82) is 10.8 Å². The minimum atomic E-state index is -0.155. The average Bonchev–Trinajstić information content (AvgIpc) is 2.89. The molecule has 6 heteroatoms. The summed E-state index contributed by atoms with van der Waals surface area (Å²) in [7, 11) is 0. The maximum atomic E-state index is 7.88. The largest absolute Gasteiger partial charge is 0.431 e. The van der Waals surface area contributed by atoms with Gasteiger partial charge in [0.05, 0.1) is 0 Å². The van der Waals surface area contributed by atoms with Gasteiger partial charge in [0.25, 0.3) is 10.5 Å². The zero-order valence-corrected chi connectivity index (χ0v) is 12.6. The van der Waals surface area contributed by atoms with Crippen LogP contribution < -0.4 is 0 Å². The molecule has 5 nitrogen and oxygen atoms in total. The van der Waals surface area contributed by atoms with Crippen LogP contribution in [0.4, 0.5) is 0 Å². The van der Waals surface area contributed by atoms with Gasteiger partial charge in [0, 0.05) is 17.3 Å². The van der Waals surface area contributed by atoms with Gasteiger partial charge in [-0.1, -0.05) is 29.8 Å². The van der Waals surface area contributed by atoms with Crippen molar-refractivity contribution in [2.75, 3.05) is 0 Å². The van der Waals surface area contributed by atoms with E-state index in [1.54, 1.807) is 12.1 Å². The van der Waals surface area contributed by atoms with E-state index in [0.29, 0.717) is 16.4 Å². The Morgan fingerprint density at radius 1 is 1.09 bits per heavy atom. The summed E-state index contributed by atoms with van der Waals surface area (Å²) in [5, 5.41) is 15.9. The zero-order chi connectivity index (χ0) is 15.5. The fourth-order valence-electron chi connectivity index (χ4n) is 1.85. The SMILES string of the molecule is Cc1ccc(C(=N)OC(=N)Sc2nc3ccccc3o2)cc1. The van der Waals surface area contributed by atoms with E-state index in [2.05, 4.69) is 4.98 Å². The normalized spacial score (nSPS) is 10.6. The fourth-order valence-corrected chi connectivity index (χ4v) is 2.41. The average molecular weight is 311 g/mol. The Morgan fingerprint density at radius 3 is 2.55 bits per heavy atom. The molecule has 0 fully saturated rings. The van der Waals surface area contributed by atoms with Gasteiger partial charge in [-0.3, -0.25) is 10.8 Å². The lowest BCUT2D eigenvalue weighted by Gasteiger charge is -2.06. The van der Waals surface area contributed by atoms with Gasteiger partial charge in [0.2, 0.25) is 5.90 Å². The number of ether oxygens (including phenoxy) is 1. The standard InChI is InChI=1S/C16H13N3O2S/c1-10-6-8-11(9-7-10)14(17)21-15(18)22-16-19-12-4-2-3-5-13(12)20-16/h2-9,17-18H,1H3. The summed E-state index contributed by atoms with van der Waals surface area (Å²) in [6.45, 7) is 1.97. The molecule has 22 heavy (non-hydrogen) atoms. The Balaban J connectivity index is 1.66. The van der Waals surface area contributed by atoms with Gasteiger partial charge in [0.1, 0.15) is 5.52 Å². The minimum Gasteiger partial charge on any atom is -0.431 e. The van der Waals surface area contributed by atoms with Gasteiger partial charge in [-0.15, -0.1) is 0 Å². The lowest BCUT2D eigenvalue weighted by atomic mass is 10.1. The first-order valence-corrected chi connectivity index (χ1v) is 7.39. The van der Waals surface area contributed by atoms with E-state index in [1.807, 2.05) is 43.3 Å². The van der Waals surface area contributed by atoms with Gasteiger partial charge in [-0.2, -0.15) is 0 Å². The Labute approximate surface area is 131 Å². The molecule has 0 bridgehead atoms. The summed E-state index contributed by atoms with van der Waals surface area (Å²) < 4.78 is 10.7. The first-order chi connectivity index (χ1) is 10.6. The number of para-hydroxylation sites is 2. The summed E-state index contributed by atoms with van der Waals surface area (Å²) in [6, 6.07) is 14.7. The number of rotatable bonds is 2. The van der Waals surface area contributed by atoms with Crippen molar-refractivity contribution in [3.05, 3.63) is 59.7 Å². The van der Waals surface area contributed by atoms with E-state index in [1.165, 1.54) is 0 Å². The second-order valence-electron chi connectivity index (χ2n) is 4.63. The second kappa shape index (κ2) is 6.03. The van der Waals surface area contributed by atoms with E-state index in [0.717, 1.165) is 22.8 Å². The van der Waals surface area contributed by atoms with Crippen LogP contribution in [0.5, 0.6) is 0 Å². The van der Waals surface area contributed by atoms with Gasteiger partial charge in [0.15, 0.2) is 5.58 Å². The Hall–Kier alpha value is -2.60. The van der Waals surface area contributed by atoms with Crippen LogP contribution in [0.3, 0.4) is 0 Å². The van der Waals surface area contributed by atoms with E-state index >= 15 is 0 Å². The zero-order valence-electron chi connectivity index (χ0n) is 11.8. The number of benzene rings is 2. The molecule has 110 valence electrons. The number of oxazole rings is 1. The van der Waals surface area contributed by atoms with Crippen LogP contribution in [-0.4, -0.2) is 16.1 Å². The number of aryl methyl sites for hydroxylation is 1. The smallest absolute Gasteiger partial charge is 0.266 e. The number of nitrogens with zero attached hydrogens (tertiary/aromatic N) is 1. The van der Waals surface area contributed by atoms with Crippen LogP contribution in [0.2, 0.25) is 0 Å². The molecule has 0 aliphatic rings. The number of aromatic nitrogens is 1. The van der Waals surface area contributed by atoms with Crippen molar-refractivity contribution in [3.8, 4) is 0 Å². The van der Waals surface area contributed by atoms with Crippen LogP contribution in [-0.2, 0) is 4.74 Å². The number of fused-ring (bicyclic) bond motifs is 1. The van der Waals surface area contributed by atoms with Crippen LogP contribution >= 0.6 is 11.8 Å². The highest BCUT2D eigenvalue weighted by atomic mass is 32.2. The quantitative estimate of drug-likeness (QED) is 0.422. The molecule has 2 N–H and O–H groups in total. The van der Waals surface area contributed by atoms with Crippen LogP contribution in [0, 0.1) is 17.7 Å². The third-order valence-electron chi connectivity index (χ3n) is 2.96. The van der Waals surface area contributed by atoms with Crippen molar-refractivity contribution in [2.45, 2.75) is 12.1 Å². The maximum Gasteiger partial charge on any atom is 0.266 e. The molecule has 2 aromatic carbocycles. The Morgan fingerprint density at radius 2 is 1.82 bits per heavy atom. The Kier molecular flexibility index (Phi) is 3.93. The molecule has 1 heterocycles. The highest BCUT2D eigenvalue weighted by Gasteiger charge is 2.12. The summed E-state index contributed by atoms with van der Waals surface area (Å²) in [4.78, 5) is 4.25. The highest BCUT2D eigenvalue weighted by molar-refractivity contribution is 8.13. The number of hydrogen-bond acceptors (Lipinski definition) is 6.